The van der Waals surface area contributed by atoms with Gasteiger partial charge in [-0.25, -0.2) is 0 Å². The zero-order valence-electron chi connectivity index (χ0n) is 24.3. The fraction of sp³-hybridized carbons (Fsp3) is 0.268. The largest absolute Gasteiger partial charge is 0.0943 e. The first kappa shape index (κ1) is 28.3. The molecule has 0 bridgehead atoms. The van der Waals surface area contributed by atoms with E-state index in [2.05, 4.69) is 97.6 Å². The highest BCUT2D eigenvalue weighted by atomic mass is 14.2. The van der Waals surface area contributed by atoms with Gasteiger partial charge in [0.15, 0.2) is 0 Å². The molecule has 0 aromatic heterocycles. The van der Waals surface area contributed by atoms with Crippen LogP contribution in [0.15, 0.2) is 97.1 Å². The van der Waals surface area contributed by atoms with Crippen LogP contribution in [0.1, 0.15) is 62.5 Å². The summed E-state index contributed by atoms with van der Waals surface area (Å²) in [5.74, 6) is 7.04. The Morgan fingerprint density at radius 3 is 2.34 bits per heavy atom. The van der Waals surface area contributed by atoms with E-state index in [1.54, 1.807) is 5.56 Å². The summed E-state index contributed by atoms with van der Waals surface area (Å²) in [6.45, 7) is 2.22. The van der Waals surface area contributed by atoms with E-state index in [-0.39, 0.29) is 0 Å². The number of rotatable bonds is 4. The first-order chi connectivity index (χ1) is 20.3. The minimum absolute atomic E-state index is 0.869. The Morgan fingerprint density at radius 2 is 1.49 bits per heavy atom. The van der Waals surface area contributed by atoms with Crippen LogP contribution in [0.4, 0.5) is 0 Å². The lowest BCUT2D eigenvalue weighted by molar-refractivity contribution is 0.332. The molecule has 0 heterocycles. The third-order valence-corrected chi connectivity index (χ3v) is 8.28. The maximum Gasteiger partial charge on any atom is 0.0321 e. The molecule has 5 aromatic rings. The molecule has 1 fully saturated rings. The van der Waals surface area contributed by atoms with E-state index in [9.17, 15) is 0 Å². The molecule has 2 aliphatic carbocycles. The number of hydrogen-bond donors (Lipinski definition) is 0. The Kier molecular flexibility index (Phi) is 10.3. The topological polar surface area (TPSA) is 0 Å². The van der Waals surface area contributed by atoms with Gasteiger partial charge in [0, 0.05) is 11.8 Å². The maximum atomic E-state index is 3.03. The summed E-state index contributed by atoms with van der Waals surface area (Å²) >= 11 is 0. The first-order valence-corrected chi connectivity index (χ1v) is 15.3. The smallest absolute Gasteiger partial charge is 0.0321 e. The highest BCUT2D eigenvalue weighted by molar-refractivity contribution is 5.88. The van der Waals surface area contributed by atoms with Crippen molar-refractivity contribution < 1.29 is 0 Å². The van der Waals surface area contributed by atoms with Crippen LogP contribution < -0.4 is 10.4 Å². The molecule has 0 nitrogen and oxygen atoms in total. The first-order valence-electron chi connectivity index (χ1n) is 15.3. The van der Waals surface area contributed by atoms with E-state index in [1.165, 1.54) is 83.5 Å². The van der Waals surface area contributed by atoms with Gasteiger partial charge in [0.25, 0.3) is 0 Å². The summed E-state index contributed by atoms with van der Waals surface area (Å²) in [4.78, 5) is 0. The van der Waals surface area contributed by atoms with E-state index in [1.807, 2.05) is 42.5 Å². The Morgan fingerprint density at radius 1 is 0.732 bits per heavy atom. The van der Waals surface area contributed by atoms with Crippen LogP contribution in [0.25, 0.3) is 33.7 Å². The van der Waals surface area contributed by atoms with E-state index in [0.717, 1.165) is 17.7 Å². The lowest BCUT2D eigenvalue weighted by atomic mass is 9.85. The van der Waals surface area contributed by atoms with E-state index < -0.39 is 0 Å². The summed E-state index contributed by atoms with van der Waals surface area (Å²) in [6.07, 6.45) is 16.4. The predicted molar refractivity (Wildman–Crippen MR) is 177 cm³/mol. The molecule has 0 N–H and O–H groups in total. The molecule has 0 atom stereocenters. The molecule has 0 radical (unpaired) electrons. The van der Waals surface area contributed by atoms with Crippen molar-refractivity contribution in [3.05, 3.63) is 131 Å². The predicted octanol–water partition coefficient (Wildman–Crippen LogP) is 9.15. The molecule has 2 aliphatic rings. The lowest BCUT2D eigenvalue weighted by Gasteiger charge is -2.21. The number of fused-ring (bicyclic) bond motifs is 3. The highest BCUT2D eigenvalue weighted by Gasteiger charge is 2.13. The molecule has 0 spiro atoms. The second kappa shape index (κ2) is 14.9. The summed E-state index contributed by atoms with van der Waals surface area (Å²) in [6, 6.07) is 39.8. The average molecular weight is 533 g/mol. The number of hydrogen-bond acceptors (Lipinski definition) is 0. The van der Waals surface area contributed by atoms with Gasteiger partial charge >= 0.3 is 0 Å². The van der Waals surface area contributed by atoms with Crippen LogP contribution in [0.5, 0.6) is 0 Å². The second-order valence-corrected chi connectivity index (χ2v) is 11.2. The van der Waals surface area contributed by atoms with Crippen molar-refractivity contribution >= 4 is 33.7 Å². The Bertz CT molecular complexity index is 1670. The van der Waals surface area contributed by atoms with Gasteiger partial charge in [-0.15, -0.1) is 0 Å². The standard InChI is InChI=1S/C20H26.C11H8.C10H6/c1-16-14-15-18(20-13-6-5-12-19(16)20)11-7-10-17-8-3-2-4-9-17;1-2-6-10-8-4-5-9-11(10)7-3-1;1-2-6-10-8-4-3-7-9(10)5-1/h5-6,12-15,17H,2-4,7-11H2,1H3;4-9H,2H2;1-3,5-7H. The van der Waals surface area contributed by atoms with E-state index >= 15 is 0 Å². The Hall–Kier alpha value is -4.26. The molecule has 204 valence electrons. The van der Waals surface area contributed by atoms with Crippen molar-refractivity contribution in [2.45, 2.75) is 64.7 Å². The van der Waals surface area contributed by atoms with E-state index in [0.29, 0.717) is 0 Å². The fourth-order valence-electron chi connectivity index (χ4n) is 5.97. The van der Waals surface area contributed by atoms with Crippen molar-refractivity contribution in [1.82, 2.24) is 0 Å². The zero-order chi connectivity index (χ0) is 28.1. The van der Waals surface area contributed by atoms with E-state index in [4.69, 9.17) is 0 Å². The van der Waals surface area contributed by atoms with Gasteiger partial charge in [-0.1, -0.05) is 147 Å². The van der Waals surface area contributed by atoms with Crippen LogP contribution in [0, 0.1) is 36.8 Å². The Balaban J connectivity index is 0.000000135. The van der Waals surface area contributed by atoms with Gasteiger partial charge in [-0.3, -0.25) is 0 Å². The molecule has 5 aromatic carbocycles. The zero-order valence-corrected chi connectivity index (χ0v) is 24.3. The molecular weight excluding hydrogens is 492 g/mol. The molecule has 1 saturated carbocycles. The molecule has 0 aliphatic heterocycles. The van der Waals surface area contributed by atoms with Gasteiger partial charge in [0.05, 0.1) is 0 Å². The SMILES string of the molecule is C1#CCC=c2ccccc2=C1.Cc1ccc(CCCC2CCCCC2)c2ccccc12.c1ccc2ccccc2c#1. The molecule has 0 amide bonds. The van der Waals surface area contributed by atoms with Gasteiger partial charge in [0.1, 0.15) is 0 Å². The number of benzene rings is 4. The van der Waals surface area contributed by atoms with Crippen molar-refractivity contribution in [2.24, 2.45) is 5.92 Å². The minimum Gasteiger partial charge on any atom is -0.0943 e. The summed E-state index contributed by atoms with van der Waals surface area (Å²) in [7, 11) is 0. The summed E-state index contributed by atoms with van der Waals surface area (Å²) in [5, 5.41) is 7.77. The van der Waals surface area contributed by atoms with Crippen LogP contribution in [0.2, 0.25) is 0 Å². The van der Waals surface area contributed by atoms with Gasteiger partial charge in [-0.2, -0.15) is 0 Å². The quantitative estimate of drug-likeness (QED) is 0.202. The molecule has 0 saturated heterocycles. The van der Waals surface area contributed by atoms with Gasteiger partial charge < -0.3 is 0 Å². The molecule has 41 heavy (non-hydrogen) atoms. The van der Waals surface area contributed by atoms with Crippen LogP contribution in [0.3, 0.4) is 0 Å². The molecular formula is C41H40. The van der Waals surface area contributed by atoms with Crippen molar-refractivity contribution in [3.8, 4) is 11.8 Å². The summed E-state index contributed by atoms with van der Waals surface area (Å²) in [5.41, 5.74) is 2.94. The van der Waals surface area contributed by atoms with Crippen molar-refractivity contribution in [3.63, 3.8) is 0 Å². The van der Waals surface area contributed by atoms with Crippen molar-refractivity contribution in [2.75, 3.05) is 0 Å². The Labute approximate surface area is 246 Å². The molecule has 0 heteroatoms. The number of aryl methyl sites for hydroxylation is 2. The summed E-state index contributed by atoms with van der Waals surface area (Å²) < 4.78 is 0. The maximum absolute atomic E-state index is 3.03. The van der Waals surface area contributed by atoms with Crippen molar-refractivity contribution in [1.29, 1.82) is 0 Å². The third-order valence-electron chi connectivity index (χ3n) is 8.28. The van der Waals surface area contributed by atoms with Gasteiger partial charge in [0.2, 0.25) is 0 Å². The average Bonchev–Trinajstić information content (AvgIpc) is 3.29. The van der Waals surface area contributed by atoms with Crippen LogP contribution >= 0.6 is 0 Å². The minimum atomic E-state index is 0.869. The third kappa shape index (κ3) is 8.13. The molecule has 0 unspecified atom stereocenters. The second-order valence-electron chi connectivity index (χ2n) is 11.2. The van der Waals surface area contributed by atoms with Gasteiger partial charge in [-0.05, 0) is 87.7 Å². The fourth-order valence-corrected chi connectivity index (χ4v) is 5.97. The monoisotopic (exact) mass is 532 g/mol. The highest BCUT2D eigenvalue weighted by Crippen LogP contribution is 2.29. The molecule has 7 rings (SSSR count). The lowest BCUT2D eigenvalue weighted by Crippen LogP contribution is -2.22. The van der Waals surface area contributed by atoms with Crippen LogP contribution in [-0.2, 0) is 6.42 Å². The van der Waals surface area contributed by atoms with Crippen LogP contribution in [-0.4, -0.2) is 0 Å². The normalized spacial score (nSPS) is 13.8.